The van der Waals surface area contributed by atoms with Gasteiger partial charge in [-0.3, -0.25) is 0 Å². The number of fused-ring (bicyclic) bond motifs is 4. The summed E-state index contributed by atoms with van der Waals surface area (Å²) >= 11 is 0. The molecule has 11 rings (SSSR count). The van der Waals surface area contributed by atoms with E-state index in [0.29, 0.717) is 28.6 Å². The first-order chi connectivity index (χ1) is 32.7. The van der Waals surface area contributed by atoms with Gasteiger partial charge in [0.05, 0.1) is 34.3 Å². The molecule has 1 aliphatic carbocycles. The Balaban J connectivity index is 1.00. The fourth-order valence-electron chi connectivity index (χ4n) is 10.7. The molecule has 6 nitrogen and oxygen atoms in total. The Kier molecular flexibility index (Phi) is 10.5. The van der Waals surface area contributed by atoms with Crippen LogP contribution in [-0.2, 0) is 5.41 Å². The highest BCUT2D eigenvalue weighted by Crippen LogP contribution is 2.44. The first-order valence-corrected chi connectivity index (χ1v) is 23.3. The van der Waals surface area contributed by atoms with Gasteiger partial charge in [-0.05, 0) is 141 Å². The van der Waals surface area contributed by atoms with Crippen LogP contribution in [0.25, 0.3) is 94.7 Å². The fraction of sp³-hybridized carbons (Fsp3) is 0.164. The zero-order valence-electron chi connectivity index (χ0n) is 37.9. The van der Waals surface area contributed by atoms with E-state index in [9.17, 15) is 10.5 Å². The van der Waals surface area contributed by atoms with Crippen molar-refractivity contribution in [3.8, 4) is 74.2 Å². The maximum atomic E-state index is 9.60. The first kappa shape index (κ1) is 41.5. The van der Waals surface area contributed by atoms with Gasteiger partial charge < -0.3 is 4.57 Å². The molecule has 322 valence electrons. The lowest BCUT2D eigenvalue weighted by Gasteiger charge is -2.32. The van der Waals surface area contributed by atoms with Crippen LogP contribution in [0.4, 0.5) is 0 Å². The van der Waals surface area contributed by atoms with Crippen LogP contribution < -0.4 is 0 Å². The summed E-state index contributed by atoms with van der Waals surface area (Å²) in [5, 5.41) is 23.2. The summed E-state index contributed by atoms with van der Waals surface area (Å²) in [7, 11) is 0. The molecule has 1 fully saturated rings. The number of nitriles is 2. The summed E-state index contributed by atoms with van der Waals surface area (Å²) < 4.78 is 2.34. The lowest BCUT2D eigenvalue weighted by molar-refractivity contribution is 0.333. The number of nitrogens with zero attached hydrogens (tertiary/aromatic N) is 6. The van der Waals surface area contributed by atoms with Crippen LogP contribution in [0.15, 0.2) is 176 Å². The van der Waals surface area contributed by atoms with Crippen LogP contribution in [0.1, 0.15) is 63.1 Å². The molecule has 0 bridgehead atoms. The van der Waals surface area contributed by atoms with Gasteiger partial charge in [0.1, 0.15) is 0 Å². The van der Waals surface area contributed by atoms with Crippen molar-refractivity contribution >= 4 is 32.6 Å². The van der Waals surface area contributed by atoms with E-state index >= 15 is 0 Å². The summed E-state index contributed by atoms with van der Waals surface area (Å²) in [5.41, 5.74) is 13.1. The van der Waals surface area contributed by atoms with Gasteiger partial charge in [-0.15, -0.1) is 0 Å². The smallest absolute Gasteiger partial charge is 0.164 e. The Labute approximate surface area is 391 Å². The van der Waals surface area contributed by atoms with E-state index in [0.717, 1.165) is 77.9 Å². The standard InChI is InChI=1S/C61H48N6/c1-39-11-12-40(2)36-61(3,35-39)51-29-25-43(26-30-51)44-27-31-52(32-28-44)67-55-9-5-4-7-53(55)57-54(8-6-10-56(57)67)60-65-58(47-19-15-42(38-63)16-20-47)64-59(66-60)49-24-22-46-21-23-48(33-50(46)34-49)45-17-13-41(37-62)14-18-45/h4-10,13-34,39-40H,11-12,35-36H2,1-3H3/t39-,40+,61?. The van der Waals surface area contributed by atoms with Gasteiger partial charge in [0.25, 0.3) is 0 Å². The van der Waals surface area contributed by atoms with E-state index in [1.165, 1.54) is 42.4 Å². The summed E-state index contributed by atoms with van der Waals surface area (Å²) in [5.74, 6) is 3.12. The second-order valence-corrected chi connectivity index (χ2v) is 18.9. The Bertz CT molecular complexity index is 3560. The van der Waals surface area contributed by atoms with E-state index in [4.69, 9.17) is 15.0 Å². The minimum Gasteiger partial charge on any atom is -0.309 e. The largest absolute Gasteiger partial charge is 0.309 e. The van der Waals surface area contributed by atoms with Gasteiger partial charge in [-0.2, -0.15) is 10.5 Å². The Morgan fingerprint density at radius 3 is 1.66 bits per heavy atom. The molecule has 0 radical (unpaired) electrons. The maximum absolute atomic E-state index is 9.60. The first-order valence-electron chi connectivity index (χ1n) is 23.3. The molecule has 67 heavy (non-hydrogen) atoms. The van der Waals surface area contributed by atoms with Crippen LogP contribution >= 0.6 is 0 Å². The van der Waals surface area contributed by atoms with Crippen molar-refractivity contribution < 1.29 is 0 Å². The van der Waals surface area contributed by atoms with Gasteiger partial charge in [0.15, 0.2) is 17.5 Å². The van der Waals surface area contributed by atoms with Crippen LogP contribution in [0.5, 0.6) is 0 Å². The van der Waals surface area contributed by atoms with Crippen LogP contribution in [-0.4, -0.2) is 19.5 Å². The zero-order valence-corrected chi connectivity index (χ0v) is 37.9. The Morgan fingerprint density at radius 2 is 1.00 bits per heavy atom. The average molecular weight is 865 g/mol. The lowest BCUT2D eigenvalue weighted by atomic mass is 9.72. The number of hydrogen-bond donors (Lipinski definition) is 0. The molecule has 0 amide bonds. The number of rotatable bonds is 7. The predicted octanol–water partition coefficient (Wildman–Crippen LogP) is 15.3. The average Bonchev–Trinajstić information content (AvgIpc) is 3.64. The molecule has 0 saturated heterocycles. The van der Waals surface area contributed by atoms with Crippen molar-refractivity contribution in [2.24, 2.45) is 11.8 Å². The highest BCUT2D eigenvalue weighted by Gasteiger charge is 2.33. The molecule has 0 aliphatic heterocycles. The summed E-state index contributed by atoms with van der Waals surface area (Å²) in [6, 6.07) is 65.4. The number of aromatic nitrogens is 4. The fourth-order valence-corrected chi connectivity index (χ4v) is 10.7. The molecule has 6 heteroatoms. The third-order valence-electron chi connectivity index (χ3n) is 14.1. The predicted molar refractivity (Wildman–Crippen MR) is 272 cm³/mol. The van der Waals surface area contributed by atoms with E-state index in [-0.39, 0.29) is 5.41 Å². The second-order valence-electron chi connectivity index (χ2n) is 18.9. The molecule has 1 unspecified atom stereocenters. The molecule has 8 aromatic carbocycles. The molecule has 1 saturated carbocycles. The molecule has 0 spiro atoms. The number of para-hydroxylation sites is 1. The topological polar surface area (TPSA) is 91.2 Å². The van der Waals surface area contributed by atoms with Gasteiger partial charge in [-0.25, -0.2) is 15.0 Å². The lowest BCUT2D eigenvalue weighted by Crippen LogP contribution is -2.24. The minimum absolute atomic E-state index is 0.205. The van der Waals surface area contributed by atoms with Crippen molar-refractivity contribution in [2.75, 3.05) is 0 Å². The molecular weight excluding hydrogens is 817 g/mol. The Morgan fingerprint density at radius 1 is 0.493 bits per heavy atom. The van der Waals surface area contributed by atoms with Crippen molar-refractivity contribution in [1.82, 2.24) is 19.5 Å². The molecule has 10 aromatic rings. The van der Waals surface area contributed by atoms with Crippen molar-refractivity contribution in [1.29, 1.82) is 10.5 Å². The Hall–Kier alpha value is -8.19. The molecule has 1 aliphatic rings. The third-order valence-corrected chi connectivity index (χ3v) is 14.1. The SMILES string of the molecule is C[C@@H]1CC[C@H](C)CC(C)(c2ccc(-c3ccc(-n4c5ccccc5c5c(-c6nc(-c7ccc(C#N)cc7)nc(-c7ccc8ccc(-c9ccc(C#N)cc9)cc8c7)n6)cccc54)cc3)cc2)C1. The molecular formula is C61H48N6. The van der Waals surface area contributed by atoms with Gasteiger partial charge in [-0.1, -0.05) is 137 Å². The summed E-state index contributed by atoms with van der Waals surface area (Å²) in [6.45, 7) is 7.32. The maximum Gasteiger partial charge on any atom is 0.164 e. The molecule has 3 atom stereocenters. The molecule has 2 heterocycles. The summed E-state index contributed by atoms with van der Waals surface area (Å²) in [4.78, 5) is 15.5. The number of benzene rings is 8. The van der Waals surface area contributed by atoms with E-state index in [1.807, 2.05) is 36.4 Å². The zero-order chi connectivity index (χ0) is 45.6. The van der Waals surface area contributed by atoms with Crippen LogP contribution in [0.2, 0.25) is 0 Å². The van der Waals surface area contributed by atoms with Crippen LogP contribution in [0.3, 0.4) is 0 Å². The second kappa shape index (κ2) is 17.0. The molecule has 0 N–H and O–H groups in total. The monoisotopic (exact) mass is 864 g/mol. The highest BCUT2D eigenvalue weighted by molar-refractivity contribution is 6.15. The normalized spacial score (nSPS) is 17.3. The van der Waals surface area contributed by atoms with E-state index in [2.05, 4.69) is 165 Å². The van der Waals surface area contributed by atoms with E-state index in [1.54, 1.807) is 12.1 Å². The highest BCUT2D eigenvalue weighted by atomic mass is 15.0. The van der Waals surface area contributed by atoms with Crippen molar-refractivity contribution in [2.45, 2.75) is 51.9 Å². The van der Waals surface area contributed by atoms with E-state index < -0.39 is 0 Å². The number of hydrogen-bond acceptors (Lipinski definition) is 5. The van der Waals surface area contributed by atoms with Gasteiger partial charge in [0, 0.05) is 33.2 Å². The van der Waals surface area contributed by atoms with Crippen LogP contribution in [0, 0.1) is 34.5 Å². The summed E-state index contributed by atoms with van der Waals surface area (Å²) in [6.07, 6.45) is 5.13. The van der Waals surface area contributed by atoms with Crippen molar-refractivity contribution in [3.63, 3.8) is 0 Å². The quantitative estimate of drug-likeness (QED) is 0.149. The van der Waals surface area contributed by atoms with Gasteiger partial charge in [0.2, 0.25) is 0 Å². The third kappa shape index (κ3) is 7.81. The van der Waals surface area contributed by atoms with Crippen molar-refractivity contribution in [3.05, 3.63) is 193 Å². The minimum atomic E-state index is 0.205. The van der Waals surface area contributed by atoms with Gasteiger partial charge >= 0.3 is 0 Å². The molecule has 2 aromatic heterocycles.